The second kappa shape index (κ2) is 8.64. The van der Waals surface area contributed by atoms with Gasteiger partial charge in [-0.1, -0.05) is 13.8 Å². The largest absolute Gasteiger partial charge is 0.306 e. The molecule has 144 valence electrons. The lowest BCUT2D eigenvalue weighted by atomic mass is 9.85. The van der Waals surface area contributed by atoms with E-state index in [1.165, 1.54) is 24.7 Å². The molecule has 25 heavy (non-hydrogen) atoms. The first-order chi connectivity index (χ1) is 11.7. The van der Waals surface area contributed by atoms with Crippen LogP contribution in [0.3, 0.4) is 0 Å². The van der Waals surface area contributed by atoms with Crippen LogP contribution in [-0.4, -0.2) is 73.2 Å². The molecule has 1 saturated heterocycles. The third-order valence-electron chi connectivity index (χ3n) is 5.09. The van der Waals surface area contributed by atoms with Crippen molar-refractivity contribution in [2.45, 2.75) is 32.7 Å². The van der Waals surface area contributed by atoms with Gasteiger partial charge in [0.05, 0.1) is 11.9 Å². The molecule has 6 nitrogen and oxygen atoms in total. The number of sulfone groups is 1. The Morgan fingerprint density at radius 1 is 1.44 bits per heavy atom. The minimum atomic E-state index is -2.91. The molecule has 2 rings (SSSR count). The third kappa shape index (κ3) is 6.08. The van der Waals surface area contributed by atoms with Crippen molar-refractivity contribution in [3.63, 3.8) is 0 Å². The second-order valence-corrected chi connectivity index (χ2v) is 10.0. The van der Waals surface area contributed by atoms with E-state index in [0.717, 1.165) is 26.2 Å². The summed E-state index contributed by atoms with van der Waals surface area (Å²) in [5.41, 5.74) is 1.30. The first kappa shape index (κ1) is 20.4. The van der Waals surface area contributed by atoms with Gasteiger partial charge in [0.1, 0.15) is 9.84 Å². The topological polar surface area (TPSA) is 58.4 Å². The van der Waals surface area contributed by atoms with Crippen LogP contribution in [0.25, 0.3) is 0 Å². The monoisotopic (exact) mass is 370 g/mol. The molecule has 7 heteroatoms. The molecule has 0 N–H and O–H groups in total. The van der Waals surface area contributed by atoms with Gasteiger partial charge in [-0.05, 0) is 44.8 Å². The van der Waals surface area contributed by atoms with Crippen molar-refractivity contribution in [1.82, 2.24) is 19.6 Å². The molecule has 1 aromatic rings. The van der Waals surface area contributed by atoms with Crippen molar-refractivity contribution in [1.29, 1.82) is 0 Å². The molecule has 0 aromatic carbocycles. The van der Waals surface area contributed by atoms with Crippen LogP contribution in [0.5, 0.6) is 0 Å². The number of piperidine rings is 1. The van der Waals surface area contributed by atoms with Gasteiger partial charge in [0.15, 0.2) is 0 Å². The van der Waals surface area contributed by atoms with Crippen LogP contribution in [-0.2, 0) is 16.9 Å². The van der Waals surface area contributed by atoms with Crippen LogP contribution < -0.4 is 0 Å². The quantitative estimate of drug-likeness (QED) is 0.698. The number of likely N-dealkylation sites (tertiary alicyclic amines) is 1. The van der Waals surface area contributed by atoms with E-state index in [9.17, 15) is 8.42 Å². The zero-order chi connectivity index (χ0) is 18.6. The van der Waals surface area contributed by atoms with Crippen LogP contribution in [0.1, 0.15) is 38.3 Å². The Hall–Kier alpha value is -0.920. The normalized spacial score (nSPS) is 23.9. The van der Waals surface area contributed by atoms with Crippen molar-refractivity contribution in [3.8, 4) is 0 Å². The predicted octanol–water partition coefficient (Wildman–Crippen LogP) is 1.81. The van der Waals surface area contributed by atoms with Gasteiger partial charge in [0, 0.05) is 44.2 Å². The van der Waals surface area contributed by atoms with Crippen molar-refractivity contribution >= 4 is 9.84 Å². The lowest BCUT2D eigenvalue weighted by molar-refractivity contribution is 0.0741. The molecule has 1 aromatic heterocycles. The number of aryl methyl sites for hydroxylation is 1. The average molecular weight is 371 g/mol. The fraction of sp³-hybridized carbons (Fsp3) is 0.833. The highest BCUT2D eigenvalue weighted by Gasteiger charge is 2.33. The number of hydrogen-bond acceptors (Lipinski definition) is 5. The third-order valence-corrected chi connectivity index (χ3v) is 6.26. The van der Waals surface area contributed by atoms with Gasteiger partial charge in [-0.2, -0.15) is 5.10 Å². The van der Waals surface area contributed by atoms with Gasteiger partial charge in [-0.3, -0.25) is 9.58 Å². The van der Waals surface area contributed by atoms with Crippen molar-refractivity contribution < 1.29 is 8.42 Å². The predicted molar refractivity (Wildman–Crippen MR) is 102 cm³/mol. The van der Waals surface area contributed by atoms with Gasteiger partial charge in [0.25, 0.3) is 0 Å². The van der Waals surface area contributed by atoms with Crippen LogP contribution >= 0.6 is 0 Å². The van der Waals surface area contributed by atoms with E-state index in [0.29, 0.717) is 12.0 Å². The minimum Gasteiger partial charge on any atom is -0.306 e. The molecule has 0 spiro atoms. The molecular weight excluding hydrogens is 336 g/mol. The summed E-state index contributed by atoms with van der Waals surface area (Å²) in [4.78, 5) is 4.86. The highest BCUT2D eigenvalue weighted by Crippen LogP contribution is 2.36. The van der Waals surface area contributed by atoms with Crippen LogP contribution in [0.4, 0.5) is 0 Å². The summed E-state index contributed by atoms with van der Waals surface area (Å²) in [6.07, 6.45) is 7.89. The highest BCUT2D eigenvalue weighted by molar-refractivity contribution is 7.90. The average Bonchev–Trinajstić information content (AvgIpc) is 2.90. The van der Waals surface area contributed by atoms with E-state index in [4.69, 9.17) is 0 Å². The minimum absolute atomic E-state index is 0.155. The lowest BCUT2D eigenvalue weighted by Gasteiger charge is -2.42. The Kier molecular flexibility index (Phi) is 7.05. The Bertz CT molecular complexity index is 643. The molecule has 1 fully saturated rings. The van der Waals surface area contributed by atoms with Crippen molar-refractivity contribution in [2.24, 2.45) is 18.9 Å². The van der Waals surface area contributed by atoms with Crippen LogP contribution in [0.15, 0.2) is 12.4 Å². The summed E-state index contributed by atoms with van der Waals surface area (Å²) >= 11 is 0. The summed E-state index contributed by atoms with van der Waals surface area (Å²) in [6.45, 7) is 8.24. The zero-order valence-corrected chi connectivity index (χ0v) is 17.2. The maximum atomic E-state index is 11.5. The maximum absolute atomic E-state index is 11.5. The molecule has 0 aliphatic carbocycles. The summed E-state index contributed by atoms with van der Waals surface area (Å²) in [6, 6.07) is 0.403. The van der Waals surface area contributed by atoms with Crippen LogP contribution in [0, 0.1) is 11.8 Å². The first-order valence-corrected chi connectivity index (χ1v) is 11.3. The summed E-state index contributed by atoms with van der Waals surface area (Å²) in [5.74, 6) is 0.964. The Balaban J connectivity index is 2.04. The highest BCUT2D eigenvalue weighted by atomic mass is 32.2. The van der Waals surface area contributed by atoms with Crippen molar-refractivity contribution in [2.75, 3.05) is 45.2 Å². The van der Waals surface area contributed by atoms with Gasteiger partial charge < -0.3 is 4.90 Å². The van der Waals surface area contributed by atoms with E-state index in [1.807, 2.05) is 24.9 Å². The molecule has 0 bridgehead atoms. The van der Waals surface area contributed by atoms with Gasteiger partial charge in [-0.25, -0.2) is 8.42 Å². The van der Waals surface area contributed by atoms with E-state index in [1.54, 1.807) is 0 Å². The van der Waals surface area contributed by atoms with Crippen LogP contribution in [0.2, 0.25) is 0 Å². The summed E-state index contributed by atoms with van der Waals surface area (Å²) in [7, 11) is 1.17. The Morgan fingerprint density at radius 3 is 2.72 bits per heavy atom. The van der Waals surface area contributed by atoms with E-state index in [-0.39, 0.29) is 11.7 Å². The van der Waals surface area contributed by atoms with Gasteiger partial charge in [0.2, 0.25) is 0 Å². The summed E-state index contributed by atoms with van der Waals surface area (Å²) in [5, 5.41) is 4.37. The number of rotatable bonds is 8. The molecule has 0 saturated carbocycles. The molecule has 1 aliphatic heterocycles. The van der Waals surface area contributed by atoms with E-state index in [2.05, 4.69) is 35.1 Å². The van der Waals surface area contributed by atoms with Gasteiger partial charge in [-0.15, -0.1) is 0 Å². The smallest absolute Gasteiger partial charge is 0.147 e. The van der Waals surface area contributed by atoms with Crippen molar-refractivity contribution in [3.05, 3.63) is 18.0 Å². The molecule has 3 atom stereocenters. The Labute approximate surface area is 153 Å². The zero-order valence-electron chi connectivity index (χ0n) is 16.4. The van der Waals surface area contributed by atoms with E-state index < -0.39 is 9.84 Å². The number of aromatic nitrogens is 2. The standard InChI is InChI=1S/C18H34N4O2S/c1-6-22-9-7-8-16(18(22)17-10-19-21(4)13-17)12-20(3)11-15(2)14-25(5,23)24/h10,13,15-16,18H,6-9,11-12,14H2,1-5H3/t15?,16-,18+/m0/s1. The fourth-order valence-electron chi connectivity index (χ4n) is 4.35. The fourth-order valence-corrected chi connectivity index (χ4v) is 5.49. The molecular formula is C18H34N4O2S. The maximum Gasteiger partial charge on any atom is 0.147 e. The molecule has 0 amide bonds. The molecule has 1 unspecified atom stereocenters. The molecule has 0 radical (unpaired) electrons. The number of hydrogen-bond donors (Lipinski definition) is 0. The van der Waals surface area contributed by atoms with E-state index >= 15 is 0 Å². The Morgan fingerprint density at radius 2 is 2.16 bits per heavy atom. The lowest BCUT2D eigenvalue weighted by Crippen LogP contribution is -2.43. The second-order valence-electron chi connectivity index (χ2n) is 7.84. The summed E-state index contributed by atoms with van der Waals surface area (Å²) < 4.78 is 24.9. The molecule has 2 heterocycles. The van der Waals surface area contributed by atoms with Gasteiger partial charge >= 0.3 is 0 Å². The molecule has 1 aliphatic rings. The SMILES string of the molecule is CCN1CCC[C@@H](CN(C)CC(C)CS(C)(=O)=O)[C@@H]1c1cnn(C)c1. The number of nitrogens with zero attached hydrogens (tertiary/aromatic N) is 4. The first-order valence-electron chi connectivity index (χ1n) is 9.28.